The van der Waals surface area contributed by atoms with E-state index in [0.29, 0.717) is 16.6 Å². The summed E-state index contributed by atoms with van der Waals surface area (Å²) in [5.74, 6) is 0.478. The lowest BCUT2D eigenvalue weighted by Gasteiger charge is -2.33. The summed E-state index contributed by atoms with van der Waals surface area (Å²) in [5.41, 5.74) is 15.0. The highest BCUT2D eigenvalue weighted by molar-refractivity contribution is 7.17. The van der Waals surface area contributed by atoms with Gasteiger partial charge in [0.15, 0.2) is 0 Å². The molecule has 1 unspecified atom stereocenters. The minimum atomic E-state index is -0.377. The van der Waals surface area contributed by atoms with E-state index >= 15 is 0 Å². The van der Waals surface area contributed by atoms with Gasteiger partial charge in [0, 0.05) is 16.1 Å². The van der Waals surface area contributed by atoms with E-state index in [1.165, 1.54) is 11.3 Å². The molecule has 0 bridgehead atoms. The highest BCUT2D eigenvalue weighted by Crippen LogP contribution is 2.59. The second kappa shape index (κ2) is 3.88. The first-order valence-corrected chi connectivity index (χ1v) is 7.30. The van der Waals surface area contributed by atoms with Gasteiger partial charge in [0.2, 0.25) is 0 Å². The molecular weight excluding hydrogens is 254 g/mol. The highest BCUT2D eigenvalue weighted by atomic mass is 32.1. The van der Waals surface area contributed by atoms with Crippen LogP contribution in [-0.2, 0) is 6.42 Å². The van der Waals surface area contributed by atoms with Crippen LogP contribution in [0, 0.1) is 22.7 Å². The predicted molar refractivity (Wildman–Crippen MR) is 80.1 cm³/mol. The fourth-order valence-electron chi connectivity index (χ4n) is 3.24. The van der Waals surface area contributed by atoms with Gasteiger partial charge in [-0.2, -0.15) is 5.26 Å². The van der Waals surface area contributed by atoms with Crippen LogP contribution in [0.1, 0.15) is 35.3 Å². The third-order valence-corrected chi connectivity index (χ3v) is 5.53. The Bertz CT molecular complexity index is 631. The van der Waals surface area contributed by atoms with E-state index in [9.17, 15) is 5.26 Å². The zero-order chi connectivity index (χ0) is 13.8. The van der Waals surface area contributed by atoms with Gasteiger partial charge in [-0.1, -0.05) is 13.2 Å². The first kappa shape index (κ1) is 12.3. The second-order valence-corrected chi connectivity index (χ2v) is 6.56. The summed E-state index contributed by atoms with van der Waals surface area (Å²) in [4.78, 5) is 1.07. The Morgan fingerprint density at radius 2 is 2.16 bits per heavy atom. The first-order chi connectivity index (χ1) is 9.01. The number of anilines is 1. The van der Waals surface area contributed by atoms with Crippen LogP contribution in [-0.4, -0.2) is 0 Å². The van der Waals surface area contributed by atoms with Crippen molar-refractivity contribution < 1.29 is 0 Å². The van der Waals surface area contributed by atoms with Crippen LogP contribution < -0.4 is 11.5 Å². The number of fused-ring (bicyclic) bond motifs is 1. The summed E-state index contributed by atoms with van der Waals surface area (Å²) in [6, 6.07) is 2.54. The van der Waals surface area contributed by atoms with Crippen molar-refractivity contribution in [3.05, 3.63) is 29.2 Å². The maximum absolute atomic E-state index is 9.65. The minimum absolute atomic E-state index is 0.377. The number of nitriles is 1. The number of hydrogen-bond donors (Lipinski definition) is 2. The molecule has 19 heavy (non-hydrogen) atoms. The fourth-order valence-corrected chi connectivity index (χ4v) is 4.45. The number of rotatable bonds is 2. The highest BCUT2D eigenvalue weighted by Gasteiger charge is 2.50. The van der Waals surface area contributed by atoms with Crippen molar-refractivity contribution in [2.75, 3.05) is 5.73 Å². The van der Waals surface area contributed by atoms with Crippen molar-refractivity contribution in [1.82, 2.24) is 0 Å². The molecule has 3 nitrogen and oxygen atoms in total. The monoisotopic (exact) mass is 271 g/mol. The molecule has 98 valence electrons. The summed E-state index contributed by atoms with van der Waals surface area (Å²) in [7, 11) is 0. The summed E-state index contributed by atoms with van der Waals surface area (Å²) in [6.07, 6.45) is 3.95. The Hall–Kier alpha value is -1.73. The lowest BCUT2D eigenvalue weighted by atomic mass is 9.68. The number of nitrogens with zero attached hydrogens (tertiary/aromatic N) is 1. The van der Waals surface area contributed by atoms with Crippen LogP contribution in [0.4, 0.5) is 5.00 Å². The van der Waals surface area contributed by atoms with Crippen LogP contribution in [0.25, 0.3) is 11.3 Å². The summed E-state index contributed by atoms with van der Waals surface area (Å²) in [6.45, 7) is 8.02. The maximum atomic E-state index is 9.65. The summed E-state index contributed by atoms with van der Waals surface area (Å²) >= 11 is 1.50. The molecule has 1 aromatic rings. The summed E-state index contributed by atoms with van der Waals surface area (Å²) in [5, 5.41) is 10.4. The van der Waals surface area contributed by atoms with E-state index in [0.717, 1.165) is 47.3 Å². The molecule has 4 heteroatoms. The Kier molecular flexibility index (Phi) is 2.51. The van der Waals surface area contributed by atoms with Gasteiger partial charge >= 0.3 is 0 Å². The molecule has 2 aliphatic carbocycles. The van der Waals surface area contributed by atoms with E-state index in [-0.39, 0.29) is 5.41 Å². The molecule has 0 radical (unpaired) electrons. The van der Waals surface area contributed by atoms with Crippen molar-refractivity contribution in [1.29, 1.82) is 5.26 Å². The first-order valence-electron chi connectivity index (χ1n) is 6.48. The van der Waals surface area contributed by atoms with E-state index in [1.54, 1.807) is 0 Å². The van der Waals surface area contributed by atoms with Gasteiger partial charge < -0.3 is 11.5 Å². The van der Waals surface area contributed by atoms with Crippen molar-refractivity contribution in [2.24, 2.45) is 17.1 Å². The molecule has 0 saturated heterocycles. The van der Waals surface area contributed by atoms with E-state index < -0.39 is 0 Å². The lowest BCUT2D eigenvalue weighted by Crippen LogP contribution is -2.27. The van der Waals surface area contributed by atoms with Gasteiger partial charge in [-0.05, 0) is 42.7 Å². The SMILES string of the molecule is C=C(N)c1c(N)sc2c1CCC(C#N)(C1CC1)C2=C. The second-order valence-electron chi connectivity index (χ2n) is 5.51. The van der Waals surface area contributed by atoms with Gasteiger partial charge in [0.05, 0.1) is 16.5 Å². The normalized spacial score (nSPS) is 25.7. The number of thiophene rings is 1. The number of allylic oxidation sites excluding steroid dienone is 1. The topological polar surface area (TPSA) is 75.8 Å². The molecule has 0 spiro atoms. The third-order valence-electron chi connectivity index (χ3n) is 4.41. The maximum Gasteiger partial charge on any atom is 0.0959 e. The number of hydrogen-bond acceptors (Lipinski definition) is 4. The van der Waals surface area contributed by atoms with E-state index in [1.807, 2.05) is 0 Å². The Morgan fingerprint density at radius 1 is 1.47 bits per heavy atom. The molecule has 0 aliphatic heterocycles. The molecule has 4 N–H and O–H groups in total. The molecule has 1 aromatic heterocycles. The smallest absolute Gasteiger partial charge is 0.0959 e. The van der Waals surface area contributed by atoms with Crippen molar-refractivity contribution in [2.45, 2.75) is 25.7 Å². The standard InChI is InChI=1S/C15H17N3S/c1-8-13-11(12(9(2)17)14(18)19-13)5-6-15(8,7-16)10-3-4-10/h10H,1-6,17-18H2. The van der Waals surface area contributed by atoms with Crippen molar-refractivity contribution in [3.8, 4) is 6.07 Å². The van der Waals surface area contributed by atoms with Gasteiger partial charge in [0.25, 0.3) is 0 Å². The molecule has 3 rings (SSSR count). The fraction of sp³-hybridized carbons (Fsp3) is 0.400. The van der Waals surface area contributed by atoms with Crippen LogP contribution >= 0.6 is 11.3 Å². The number of nitrogens with two attached hydrogens (primary N) is 2. The predicted octanol–water partition coefficient (Wildman–Crippen LogP) is 3.14. The molecule has 2 aliphatic rings. The molecular formula is C15H17N3S. The summed E-state index contributed by atoms with van der Waals surface area (Å²) < 4.78 is 0. The molecule has 0 aromatic carbocycles. The molecule has 0 amide bonds. The van der Waals surface area contributed by atoms with Crippen molar-refractivity contribution in [3.63, 3.8) is 0 Å². The van der Waals surface area contributed by atoms with E-state index in [4.69, 9.17) is 11.5 Å². The Labute approximate surface area is 117 Å². The van der Waals surface area contributed by atoms with Gasteiger partial charge in [-0.25, -0.2) is 0 Å². The number of nitrogen functional groups attached to an aromatic ring is 1. The average Bonchev–Trinajstić information content (AvgIpc) is 3.14. The minimum Gasteiger partial charge on any atom is -0.399 e. The zero-order valence-corrected chi connectivity index (χ0v) is 11.6. The van der Waals surface area contributed by atoms with Crippen LogP contribution in [0.5, 0.6) is 0 Å². The third kappa shape index (κ3) is 1.55. The molecule has 1 atom stereocenters. The van der Waals surface area contributed by atoms with E-state index in [2.05, 4.69) is 19.2 Å². The molecule has 1 saturated carbocycles. The van der Waals surface area contributed by atoms with Gasteiger partial charge in [-0.15, -0.1) is 11.3 Å². The van der Waals surface area contributed by atoms with Crippen LogP contribution in [0.15, 0.2) is 13.2 Å². The van der Waals surface area contributed by atoms with Gasteiger partial charge in [0.1, 0.15) is 0 Å². The zero-order valence-electron chi connectivity index (χ0n) is 10.8. The molecule has 1 fully saturated rings. The Balaban J connectivity index is 2.13. The van der Waals surface area contributed by atoms with Gasteiger partial charge in [-0.3, -0.25) is 0 Å². The molecule has 1 heterocycles. The van der Waals surface area contributed by atoms with Crippen LogP contribution in [0.3, 0.4) is 0 Å². The van der Waals surface area contributed by atoms with Crippen molar-refractivity contribution >= 4 is 27.6 Å². The largest absolute Gasteiger partial charge is 0.399 e. The average molecular weight is 271 g/mol. The Morgan fingerprint density at radius 3 is 2.68 bits per heavy atom. The van der Waals surface area contributed by atoms with Crippen LogP contribution in [0.2, 0.25) is 0 Å². The lowest BCUT2D eigenvalue weighted by molar-refractivity contribution is 0.411. The quantitative estimate of drug-likeness (QED) is 0.867.